The average molecular weight is 326 g/mol. The van der Waals surface area contributed by atoms with Gasteiger partial charge in [-0.05, 0) is 55.4 Å². The van der Waals surface area contributed by atoms with Crippen molar-refractivity contribution in [2.75, 3.05) is 20.3 Å². The maximum atomic E-state index is 12.2. The third-order valence-corrected chi connectivity index (χ3v) is 5.00. The summed E-state index contributed by atoms with van der Waals surface area (Å²) >= 11 is 0. The molecule has 0 aliphatic heterocycles. The highest BCUT2D eigenvalue weighted by molar-refractivity contribution is 7.90. The molecular formula is C15H22N2O4S. The molecule has 0 fully saturated rings. The van der Waals surface area contributed by atoms with Gasteiger partial charge in [-0.3, -0.25) is 0 Å². The number of aryl methyl sites for hydroxylation is 2. The first-order valence-corrected chi connectivity index (χ1v) is 8.92. The summed E-state index contributed by atoms with van der Waals surface area (Å²) in [6, 6.07) is 4.37. The van der Waals surface area contributed by atoms with Crippen LogP contribution in [0.1, 0.15) is 30.4 Å². The summed E-state index contributed by atoms with van der Waals surface area (Å²) in [6.45, 7) is 0.872. The Morgan fingerprint density at radius 2 is 1.95 bits per heavy atom. The van der Waals surface area contributed by atoms with Crippen LogP contribution in [-0.4, -0.2) is 34.7 Å². The number of sulfonamides is 1. The van der Waals surface area contributed by atoms with Crippen LogP contribution in [0.2, 0.25) is 0 Å². The number of methoxy groups -OCH3 is 1. The van der Waals surface area contributed by atoms with E-state index in [-0.39, 0.29) is 4.90 Å². The van der Waals surface area contributed by atoms with Crippen molar-refractivity contribution in [3.05, 3.63) is 29.3 Å². The van der Waals surface area contributed by atoms with Crippen molar-refractivity contribution >= 4 is 16.1 Å². The molecule has 1 aromatic carbocycles. The van der Waals surface area contributed by atoms with Crippen LogP contribution in [0.4, 0.5) is 4.79 Å². The summed E-state index contributed by atoms with van der Waals surface area (Å²) in [4.78, 5) is 11.8. The highest BCUT2D eigenvalue weighted by Crippen LogP contribution is 2.23. The summed E-state index contributed by atoms with van der Waals surface area (Å²) < 4.78 is 31.3. The molecule has 122 valence electrons. The Bertz CT molecular complexity index is 628. The number of hydrogen-bond donors (Lipinski definition) is 2. The second-order valence-corrected chi connectivity index (χ2v) is 7.03. The molecule has 0 saturated carbocycles. The molecule has 0 radical (unpaired) electrons. The van der Waals surface area contributed by atoms with E-state index in [0.717, 1.165) is 31.2 Å². The first kappa shape index (κ1) is 16.8. The molecule has 0 unspecified atom stereocenters. The van der Waals surface area contributed by atoms with E-state index in [1.165, 1.54) is 5.56 Å². The van der Waals surface area contributed by atoms with Gasteiger partial charge in [0.25, 0.3) is 10.0 Å². The van der Waals surface area contributed by atoms with Crippen LogP contribution < -0.4 is 10.0 Å². The molecule has 22 heavy (non-hydrogen) atoms. The van der Waals surface area contributed by atoms with Crippen LogP contribution in [0.25, 0.3) is 0 Å². The van der Waals surface area contributed by atoms with E-state index >= 15 is 0 Å². The Balaban J connectivity index is 1.99. The quantitative estimate of drug-likeness (QED) is 0.778. The number of hydrogen-bond acceptors (Lipinski definition) is 4. The standard InChI is InChI=1S/C15H22N2O4S/c1-21-10-4-9-16-15(18)17-22(19,20)14-8-7-12-5-2-3-6-13(12)11-14/h7-8,11H,2-6,9-10H2,1H3,(H2,16,17,18). The Morgan fingerprint density at radius 3 is 2.68 bits per heavy atom. The zero-order chi connectivity index (χ0) is 16.0. The minimum atomic E-state index is -3.83. The number of urea groups is 1. The van der Waals surface area contributed by atoms with Crippen molar-refractivity contribution < 1.29 is 17.9 Å². The lowest BCUT2D eigenvalue weighted by Gasteiger charge is -2.16. The van der Waals surface area contributed by atoms with Crippen LogP contribution >= 0.6 is 0 Å². The Kier molecular flexibility index (Phi) is 5.79. The van der Waals surface area contributed by atoms with Gasteiger partial charge in [-0.15, -0.1) is 0 Å². The van der Waals surface area contributed by atoms with Gasteiger partial charge in [-0.25, -0.2) is 17.9 Å². The van der Waals surface area contributed by atoms with Crippen molar-refractivity contribution in [3.8, 4) is 0 Å². The molecule has 1 aliphatic rings. The fourth-order valence-corrected chi connectivity index (χ4v) is 3.49. The molecule has 0 saturated heterocycles. The van der Waals surface area contributed by atoms with Crippen LogP contribution in [0, 0.1) is 0 Å². The number of fused-ring (bicyclic) bond motifs is 1. The second kappa shape index (κ2) is 7.60. The van der Waals surface area contributed by atoms with Gasteiger partial charge in [-0.1, -0.05) is 6.07 Å². The molecular weight excluding hydrogens is 304 g/mol. The largest absolute Gasteiger partial charge is 0.385 e. The predicted molar refractivity (Wildman–Crippen MR) is 83.3 cm³/mol. The molecule has 1 aliphatic carbocycles. The zero-order valence-electron chi connectivity index (χ0n) is 12.7. The first-order valence-electron chi connectivity index (χ1n) is 7.44. The zero-order valence-corrected chi connectivity index (χ0v) is 13.5. The second-order valence-electron chi connectivity index (χ2n) is 5.35. The lowest BCUT2D eigenvalue weighted by Crippen LogP contribution is -2.40. The van der Waals surface area contributed by atoms with E-state index in [2.05, 4.69) is 5.32 Å². The topological polar surface area (TPSA) is 84.5 Å². The molecule has 2 rings (SSSR count). The lowest BCUT2D eigenvalue weighted by atomic mass is 9.92. The number of ether oxygens (including phenoxy) is 1. The SMILES string of the molecule is COCCCNC(=O)NS(=O)(=O)c1ccc2c(c1)CCCC2. The highest BCUT2D eigenvalue weighted by atomic mass is 32.2. The summed E-state index contributed by atoms with van der Waals surface area (Å²) in [5, 5.41) is 2.50. The number of rotatable bonds is 6. The molecule has 0 spiro atoms. The maximum absolute atomic E-state index is 12.2. The van der Waals surface area contributed by atoms with Gasteiger partial charge >= 0.3 is 6.03 Å². The monoisotopic (exact) mass is 326 g/mol. The van der Waals surface area contributed by atoms with E-state index in [4.69, 9.17) is 4.74 Å². The van der Waals surface area contributed by atoms with Crippen molar-refractivity contribution in [2.24, 2.45) is 0 Å². The number of carbonyl (C=O) groups is 1. The Labute approximate surface area is 131 Å². The van der Waals surface area contributed by atoms with E-state index < -0.39 is 16.1 Å². The normalized spacial score (nSPS) is 14.2. The highest BCUT2D eigenvalue weighted by Gasteiger charge is 2.19. The van der Waals surface area contributed by atoms with E-state index in [9.17, 15) is 13.2 Å². The molecule has 2 N–H and O–H groups in total. The van der Waals surface area contributed by atoms with Crippen LogP contribution in [-0.2, 0) is 27.6 Å². The van der Waals surface area contributed by atoms with E-state index in [1.54, 1.807) is 19.2 Å². The third kappa shape index (κ3) is 4.45. The minimum Gasteiger partial charge on any atom is -0.385 e. The summed E-state index contributed by atoms with van der Waals surface area (Å²) in [5.74, 6) is 0. The Morgan fingerprint density at radius 1 is 1.23 bits per heavy atom. The minimum absolute atomic E-state index is 0.139. The molecule has 6 nitrogen and oxygen atoms in total. The van der Waals surface area contributed by atoms with Gasteiger partial charge in [0.1, 0.15) is 0 Å². The third-order valence-electron chi connectivity index (χ3n) is 3.67. The first-order chi connectivity index (χ1) is 10.5. The molecule has 2 amide bonds. The van der Waals surface area contributed by atoms with Gasteiger partial charge < -0.3 is 10.1 Å². The molecule has 0 aromatic heterocycles. The van der Waals surface area contributed by atoms with Gasteiger partial charge in [0.2, 0.25) is 0 Å². The molecule has 0 bridgehead atoms. The number of carbonyl (C=O) groups excluding carboxylic acids is 1. The summed E-state index contributed by atoms with van der Waals surface area (Å²) in [6.07, 6.45) is 4.72. The van der Waals surface area contributed by atoms with Gasteiger partial charge in [0.15, 0.2) is 0 Å². The fraction of sp³-hybridized carbons (Fsp3) is 0.533. The van der Waals surface area contributed by atoms with Gasteiger partial charge in [0.05, 0.1) is 4.90 Å². The van der Waals surface area contributed by atoms with Crippen LogP contribution in [0.5, 0.6) is 0 Å². The molecule has 0 heterocycles. The molecule has 7 heteroatoms. The fourth-order valence-electron chi connectivity index (χ4n) is 2.51. The lowest BCUT2D eigenvalue weighted by molar-refractivity contribution is 0.194. The predicted octanol–water partition coefficient (Wildman–Crippen LogP) is 1.59. The van der Waals surface area contributed by atoms with E-state index in [0.29, 0.717) is 19.6 Å². The summed E-state index contributed by atoms with van der Waals surface area (Å²) in [5.41, 5.74) is 2.27. The smallest absolute Gasteiger partial charge is 0.328 e. The van der Waals surface area contributed by atoms with Gasteiger partial charge in [0, 0.05) is 20.3 Å². The maximum Gasteiger partial charge on any atom is 0.328 e. The number of benzene rings is 1. The van der Waals surface area contributed by atoms with E-state index in [1.807, 2.05) is 10.8 Å². The molecule has 1 aromatic rings. The van der Waals surface area contributed by atoms with Gasteiger partial charge in [-0.2, -0.15) is 0 Å². The summed E-state index contributed by atoms with van der Waals surface area (Å²) in [7, 11) is -2.26. The number of nitrogens with one attached hydrogen (secondary N) is 2. The number of amides is 2. The van der Waals surface area contributed by atoms with Crippen LogP contribution in [0.15, 0.2) is 23.1 Å². The average Bonchev–Trinajstić information content (AvgIpc) is 2.50. The van der Waals surface area contributed by atoms with Crippen molar-refractivity contribution in [2.45, 2.75) is 37.0 Å². The molecule has 0 atom stereocenters. The Hall–Kier alpha value is -1.60. The van der Waals surface area contributed by atoms with Crippen LogP contribution in [0.3, 0.4) is 0 Å². The van der Waals surface area contributed by atoms with Crippen molar-refractivity contribution in [3.63, 3.8) is 0 Å². The van der Waals surface area contributed by atoms with Crippen molar-refractivity contribution in [1.82, 2.24) is 10.0 Å². The van der Waals surface area contributed by atoms with Crippen molar-refractivity contribution in [1.29, 1.82) is 0 Å².